The molecule has 102 valence electrons. The van der Waals surface area contributed by atoms with Crippen LogP contribution in [-0.2, 0) is 10.8 Å². The predicted octanol–water partition coefficient (Wildman–Crippen LogP) is 1.56. The van der Waals surface area contributed by atoms with Crippen molar-refractivity contribution in [2.75, 3.05) is 25.2 Å². The number of benzene rings is 1. The molecule has 0 heterocycles. The Labute approximate surface area is 111 Å². The Morgan fingerprint density at radius 3 is 2.28 bits per heavy atom. The Kier molecular flexibility index (Phi) is 5.62. The second-order valence-electron chi connectivity index (χ2n) is 4.80. The lowest BCUT2D eigenvalue weighted by molar-refractivity contribution is 0.341. The highest BCUT2D eigenvalue weighted by atomic mass is 32.2. The molecule has 4 nitrogen and oxygen atoms in total. The molecule has 5 heteroatoms. The van der Waals surface area contributed by atoms with Gasteiger partial charge in [0, 0.05) is 22.1 Å². The highest BCUT2D eigenvalue weighted by Crippen LogP contribution is 2.16. The Morgan fingerprint density at radius 2 is 1.78 bits per heavy atom. The molecule has 0 aliphatic rings. The second kappa shape index (κ2) is 6.75. The van der Waals surface area contributed by atoms with Crippen molar-refractivity contribution in [1.82, 2.24) is 0 Å². The van der Waals surface area contributed by atoms with Crippen LogP contribution in [0.4, 0.5) is 0 Å². The first-order valence-corrected chi connectivity index (χ1v) is 7.30. The molecule has 0 saturated heterocycles. The summed E-state index contributed by atoms with van der Waals surface area (Å²) in [5, 5.41) is 0. The topological polar surface area (TPSA) is 61.5 Å². The summed E-state index contributed by atoms with van der Waals surface area (Å²) in [6.07, 6.45) is 0. The van der Waals surface area contributed by atoms with E-state index < -0.39 is 16.3 Å². The second-order valence-corrected chi connectivity index (χ2v) is 6.38. The molecular weight excluding hydrogens is 250 g/mol. The zero-order valence-corrected chi connectivity index (χ0v) is 12.0. The first-order chi connectivity index (χ1) is 8.40. The van der Waals surface area contributed by atoms with Crippen LogP contribution in [0, 0.1) is 0 Å². The van der Waals surface area contributed by atoms with Crippen LogP contribution in [0.1, 0.15) is 13.8 Å². The molecule has 1 aromatic rings. The van der Waals surface area contributed by atoms with E-state index in [9.17, 15) is 4.21 Å². The molecule has 1 unspecified atom stereocenters. The Bertz CT molecular complexity index is 384. The van der Waals surface area contributed by atoms with Crippen LogP contribution < -0.4 is 15.2 Å². The van der Waals surface area contributed by atoms with Gasteiger partial charge in [0.1, 0.15) is 11.5 Å². The van der Waals surface area contributed by atoms with Crippen LogP contribution in [0.15, 0.2) is 24.3 Å². The fraction of sp³-hybridized carbons (Fsp3) is 0.538. The van der Waals surface area contributed by atoms with Gasteiger partial charge in [-0.2, -0.15) is 0 Å². The van der Waals surface area contributed by atoms with Crippen LogP contribution in [0.5, 0.6) is 11.5 Å². The van der Waals surface area contributed by atoms with E-state index in [1.165, 1.54) is 0 Å². The normalized spacial score (nSPS) is 13.1. The number of nitrogens with two attached hydrogens (primary N) is 1. The molecule has 0 saturated carbocycles. The lowest BCUT2D eigenvalue weighted by Gasteiger charge is -2.17. The standard InChI is InChI=1S/C13H21NO3S/c1-13(2,14)10-18(15)9-8-17-12-6-4-11(16-3)5-7-12/h4-7H,8-10,14H2,1-3H3. The van der Waals surface area contributed by atoms with Crippen molar-refractivity contribution < 1.29 is 13.7 Å². The summed E-state index contributed by atoms with van der Waals surface area (Å²) in [5.74, 6) is 2.52. The van der Waals surface area contributed by atoms with Crippen molar-refractivity contribution in [3.63, 3.8) is 0 Å². The Balaban J connectivity index is 2.30. The van der Waals surface area contributed by atoms with Crippen molar-refractivity contribution in [3.8, 4) is 11.5 Å². The van der Waals surface area contributed by atoms with Crippen molar-refractivity contribution >= 4 is 10.8 Å². The average molecular weight is 271 g/mol. The zero-order valence-electron chi connectivity index (χ0n) is 11.1. The van der Waals surface area contributed by atoms with Gasteiger partial charge >= 0.3 is 0 Å². The van der Waals surface area contributed by atoms with E-state index in [4.69, 9.17) is 15.2 Å². The molecule has 2 N–H and O–H groups in total. The van der Waals surface area contributed by atoms with Gasteiger partial charge in [-0.1, -0.05) is 0 Å². The molecule has 0 spiro atoms. The lowest BCUT2D eigenvalue weighted by Crippen LogP contribution is -2.39. The summed E-state index contributed by atoms with van der Waals surface area (Å²) in [7, 11) is 0.675. The van der Waals surface area contributed by atoms with Crippen molar-refractivity contribution in [3.05, 3.63) is 24.3 Å². The molecule has 1 atom stereocenters. The maximum absolute atomic E-state index is 11.7. The summed E-state index contributed by atoms with van der Waals surface area (Å²) in [4.78, 5) is 0. The fourth-order valence-electron chi connectivity index (χ4n) is 1.41. The number of hydrogen-bond donors (Lipinski definition) is 1. The molecule has 0 radical (unpaired) electrons. The number of hydrogen-bond acceptors (Lipinski definition) is 4. The van der Waals surface area contributed by atoms with Gasteiger partial charge in [0.2, 0.25) is 0 Å². The quantitative estimate of drug-likeness (QED) is 0.817. The summed E-state index contributed by atoms with van der Waals surface area (Å²) in [5.41, 5.74) is 5.41. The van der Waals surface area contributed by atoms with Crippen molar-refractivity contribution in [1.29, 1.82) is 0 Å². The minimum atomic E-state index is -0.944. The first-order valence-electron chi connectivity index (χ1n) is 5.81. The molecule has 18 heavy (non-hydrogen) atoms. The average Bonchev–Trinajstić information content (AvgIpc) is 2.27. The van der Waals surface area contributed by atoms with Gasteiger partial charge in [0.15, 0.2) is 0 Å². The highest BCUT2D eigenvalue weighted by Gasteiger charge is 2.14. The van der Waals surface area contributed by atoms with E-state index in [0.29, 0.717) is 18.1 Å². The maximum atomic E-state index is 11.7. The van der Waals surface area contributed by atoms with E-state index in [1.54, 1.807) is 7.11 Å². The van der Waals surface area contributed by atoms with E-state index >= 15 is 0 Å². The summed E-state index contributed by atoms with van der Waals surface area (Å²) < 4.78 is 22.2. The van der Waals surface area contributed by atoms with Gasteiger partial charge in [-0.25, -0.2) is 0 Å². The minimum Gasteiger partial charge on any atom is -0.497 e. The van der Waals surface area contributed by atoms with Gasteiger partial charge in [0.05, 0.1) is 19.5 Å². The molecule has 0 amide bonds. The minimum absolute atomic E-state index is 0.398. The first kappa shape index (κ1) is 15.0. The van der Waals surface area contributed by atoms with Gasteiger partial charge in [-0.15, -0.1) is 0 Å². The van der Waals surface area contributed by atoms with E-state index in [2.05, 4.69) is 0 Å². The number of rotatable bonds is 7. The summed E-state index contributed by atoms with van der Waals surface area (Å²) in [6.45, 7) is 4.17. The molecule has 1 aromatic carbocycles. The largest absolute Gasteiger partial charge is 0.497 e. The van der Waals surface area contributed by atoms with Gasteiger partial charge in [-0.05, 0) is 38.1 Å². The van der Waals surface area contributed by atoms with Gasteiger partial charge in [0.25, 0.3) is 0 Å². The molecular formula is C13H21NO3S. The van der Waals surface area contributed by atoms with E-state index in [-0.39, 0.29) is 0 Å². The highest BCUT2D eigenvalue weighted by molar-refractivity contribution is 7.85. The fourth-order valence-corrected chi connectivity index (χ4v) is 2.65. The molecule has 0 aromatic heterocycles. The van der Waals surface area contributed by atoms with Crippen LogP contribution >= 0.6 is 0 Å². The van der Waals surface area contributed by atoms with Gasteiger partial charge < -0.3 is 15.2 Å². The molecule has 0 fully saturated rings. The van der Waals surface area contributed by atoms with Gasteiger partial charge in [-0.3, -0.25) is 4.21 Å². The third-order valence-electron chi connectivity index (χ3n) is 2.17. The van der Waals surface area contributed by atoms with Crippen LogP contribution in [-0.4, -0.2) is 35.0 Å². The predicted molar refractivity (Wildman–Crippen MR) is 74.6 cm³/mol. The van der Waals surface area contributed by atoms with Crippen LogP contribution in [0.3, 0.4) is 0 Å². The number of ether oxygens (including phenoxy) is 2. The zero-order chi connectivity index (χ0) is 13.6. The molecule has 0 aliphatic heterocycles. The monoisotopic (exact) mass is 271 g/mol. The van der Waals surface area contributed by atoms with E-state index in [0.717, 1.165) is 11.5 Å². The molecule has 0 aliphatic carbocycles. The lowest BCUT2D eigenvalue weighted by atomic mass is 10.1. The Hall–Kier alpha value is -1.07. The summed E-state index contributed by atoms with van der Waals surface area (Å²) in [6, 6.07) is 7.31. The van der Waals surface area contributed by atoms with E-state index in [1.807, 2.05) is 38.1 Å². The third-order valence-corrected chi connectivity index (χ3v) is 3.86. The smallest absolute Gasteiger partial charge is 0.119 e. The number of methoxy groups -OCH3 is 1. The maximum Gasteiger partial charge on any atom is 0.119 e. The third kappa shape index (κ3) is 6.02. The summed E-state index contributed by atoms with van der Waals surface area (Å²) >= 11 is 0. The van der Waals surface area contributed by atoms with Crippen LogP contribution in [0.2, 0.25) is 0 Å². The molecule has 0 bridgehead atoms. The Morgan fingerprint density at radius 1 is 1.22 bits per heavy atom. The van der Waals surface area contributed by atoms with Crippen molar-refractivity contribution in [2.24, 2.45) is 5.73 Å². The van der Waals surface area contributed by atoms with Crippen molar-refractivity contribution in [2.45, 2.75) is 19.4 Å². The molecule has 1 rings (SSSR count). The SMILES string of the molecule is COc1ccc(OCCS(=O)CC(C)(C)N)cc1. The van der Waals surface area contributed by atoms with Crippen LogP contribution in [0.25, 0.3) is 0 Å².